The molecule has 1 aliphatic rings. The molecule has 0 saturated heterocycles. The molecule has 2 rings (SSSR count). The summed E-state index contributed by atoms with van der Waals surface area (Å²) in [6, 6.07) is 3.82. The molecule has 0 aromatic heterocycles. The van der Waals surface area contributed by atoms with Crippen molar-refractivity contribution in [2.45, 2.75) is 10.3 Å². The number of benzene rings is 1. The molecule has 1 heterocycles. The number of carbonyl (C=O) groups is 1. The number of rotatable bonds is 3. The number of aliphatic carboxylic acids is 1. The predicted octanol–water partition coefficient (Wildman–Crippen LogP) is -0.442. The second-order valence-electron chi connectivity index (χ2n) is 3.32. The maximum Gasteiger partial charge on any atom is 0.336 e. The largest absolute Gasteiger partial charge is 0.479 e. The molecule has 1 aromatic rings. The highest BCUT2D eigenvalue weighted by Crippen LogP contribution is 2.34. The molecule has 92 valence electrons. The Balaban J connectivity index is 2.44. The van der Waals surface area contributed by atoms with Gasteiger partial charge >= 0.3 is 5.97 Å². The second-order valence-corrected chi connectivity index (χ2v) is 5.39. The van der Waals surface area contributed by atoms with E-state index in [-0.39, 0.29) is 17.4 Å². The molecule has 0 spiro atoms. The number of ether oxygens (including phenoxy) is 2. The normalized spacial score (nSPS) is 15.6. The maximum atomic E-state index is 11.8. The summed E-state index contributed by atoms with van der Waals surface area (Å²) in [5.41, 5.74) is 5.11. The minimum atomic E-state index is -4.12. The van der Waals surface area contributed by atoms with Gasteiger partial charge in [0.05, 0.1) is 4.90 Å². The van der Waals surface area contributed by atoms with Gasteiger partial charge in [-0.15, -0.1) is 0 Å². The van der Waals surface area contributed by atoms with Gasteiger partial charge in [0.2, 0.25) is 22.0 Å². The average molecular weight is 259 g/mol. The molecule has 0 saturated carbocycles. The zero-order valence-electron chi connectivity index (χ0n) is 8.49. The number of sulfone groups is 1. The van der Waals surface area contributed by atoms with Crippen LogP contribution in [0.4, 0.5) is 0 Å². The molecule has 0 aliphatic carbocycles. The number of hydrogen-bond donors (Lipinski definition) is 2. The molecule has 1 unspecified atom stereocenters. The van der Waals surface area contributed by atoms with Crippen molar-refractivity contribution in [3.8, 4) is 11.5 Å². The van der Waals surface area contributed by atoms with Crippen LogP contribution < -0.4 is 15.2 Å². The number of nitrogens with two attached hydrogens (primary N) is 1. The molecule has 3 N–H and O–H groups in total. The number of hydrogen-bond acceptors (Lipinski definition) is 6. The number of fused-ring (bicyclic) bond motifs is 1. The lowest BCUT2D eigenvalue weighted by atomic mass is 10.3. The third-order valence-corrected chi connectivity index (χ3v) is 4.03. The molecule has 0 bridgehead atoms. The summed E-state index contributed by atoms with van der Waals surface area (Å²) < 4.78 is 33.6. The van der Waals surface area contributed by atoms with E-state index in [1.54, 1.807) is 0 Å². The summed E-state index contributed by atoms with van der Waals surface area (Å²) >= 11 is 0. The molecule has 0 amide bonds. The zero-order valence-corrected chi connectivity index (χ0v) is 9.31. The molecule has 17 heavy (non-hydrogen) atoms. The first-order valence-electron chi connectivity index (χ1n) is 4.55. The summed E-state index contributed by atoms with van der Waals surface area (Å²) in [6.45, 7) is 0.00379. The maximum absolute atomic E-state index is 11.8. The van der Waals surface area contributed by atoms with Crippen LogP contribution in [0.15, 0.2) is 23.1 Å². The minimum absolute atomic E-state index is 0.00379. The van der Waals surface area contributed by atoms with E-state index in [2.05, 4.69) is 0 Å². The Morgan fingerprint density at radius 1 is 1.35 bits per heavy atom. The lowest BCUT2D eigenvalue weighted by molar-refractivity contribution is -0.136. The molecule has 1 aromatic carbocycles. The Labute approximate surface area is 96.7 Å². The van der Waals surface area contributed by atoms with Crippen LogP contribution >= 0.6 is 0 Å². The van der Waals surface area contributed by atoms with Crippen LogP contribution in [-0.2, 0) is 14.6 Å². The topological polar surface area (TPSA) is 116 Å². The van der Waals surface area contributed by atoms with Crippen molar-refractivity contribution in [1.82, 2.24) is 0 Å². The molecule has 8 heteroatoms. The Bertz CT molecular complexity index is 567. The lowest BCUT2D eigenvalue weighted by Gasteiger charge is -2.08. The van der Waals surface area contributed by atoms with Crippen molar-refractivity contribution >= 4 is 15.8 Å². The Kier molecular flexibility index (Phi) is 2.68. The van der Waals surface area contributed by atoms with Crippen molar-refractivity contribution in [3.05, 3.63) is 18.2 Å². The minimum Gasteiger partial charge on any atom is -0.479 e. The summed E-state index contributed by atoms with van der Waals surface area (Å²) in [7, 11) is -4.12. The van der Waals surface area contributed by atoms with Gasteiger partial charge in [-0.3, -0.25) is 0 Å². The van der Waals surface area contributed by atoms with Gasteiger partial charge in [0.25, 0.3) is 0 Å². The van der Waals surface area contributed by atoms with Crippen LogP contribution in [0, 0.1) is 0 Å². The van der Waals surface area contributed by atoms with Crippen LogP contribution in [0.3, 0.4) is 0 Å². The summed E-state index contributed by atoms with van der Waals surface area (Å²) in [4.78, 5) is 10.4. The van der Waals surface area contributed by atoms with E-state index in [0.29, 0.717) is 5.75 Å². The second kappa shape index (κ2) is 3.90. The third-order valence-electron chi connectivity index (χ3n) is 2.25. The van der Waals surface area contributed by atoms with Gasteiger partial charge in [-0.1, -0.05) is 0 Å². The summed E-state index contributed by atoms with van der Waals surface area (Å²) in [6.07, 6.45) is 0. The fourth-order valence-corrected chi connectivity index (χ4v) is 2.42. The van der Waals surface area contributed by atoms with Crippen molar-refractivity contribution in [3.63, 3.8) is 0 Å². The van der Waals surface area contributed by atoms with Crippen LogP contribution in [0.5, 0.6) is 11.5 Å². The van der Waals surface area contributed by atoms with Gasteiger partial charge in [0.1, 0.15) is 0 Å². The van der Waals surface area contributed by atoms with Crippen molar-refractivity contribution in [1.29, 1.82) is 0 Å². The predicted molar refractivity (Wildman–Crippen MR) is 55.4 cm³/mol. The Morgan fingerprint density at radius 3 is 2.65 bits per heavy atom. The fraction of sp³-hybridized carbons (Fsp3) is 0.222. The summed E-state index contributed by atoms with van der Waals surface area (Å²) in [5, 5.41) is 6.61. The molecule has 0 fully saturated rings. The SMILES string of the molecule is NC(C(=O)O)S(=O)(=O)c1ccc2c(c1)OCO2. The van der Waals surface area contributed by atoms with E-state index in [9.17, 15) is 13.2 Å². The van der Waals surface area contributed by atoms with E-state index < -0.39 is 21.2 Å². The average Bonchev–Trinajstić information content (AvgIpc) is 2.74. The lowest BCUT2D eigenvalue weighted by Crippen LogP contribution is -2.38. The van der Waals surface area contributed by atoms with E-state index >= 15 is 0 Å². The first-order chi connectivity index (χ1) is 7.93. The van der Waals surface area contributed by atoms with E-state index in [0.717, 1.165) is 0 Å². The van der Waals surface area contributed by atoms with Gasteiger partial charge in [-0.05, 0) is 12.1 Å². The van der Waals surface area contributed by atoms with Crippen LogP contribution in [-0.4, -0.2) is 31.7 Å². The molecule has 7 nitrogen and oxygen atoms in total. The molecule has 0 radical (unpaired) electrons. The monoisotopic (exact) mass is 259 g/mol. The van der Waals surface area contributed by atoms with Gasteiger partial charge in [-0.25, -0.2) is 13.2 Å². The van der Waals surface area contributed by atoms with Crippen LogP contribution in [0.25, 0.3) is 0 Å². The highest BCUT2D eigenvalue weighted by molar-refractivity contribution is 7.92. The van der Waals surface area contributed by atoms with Gasteiger partial charge in [-0.2, -0.15) is 0 Å². The van der Waals surface area contributed by atoms with Gasteiger partial charge in [0, 0.05) is 6.07 Å². The number of carboxylic acid groups (broad SMARTS) is 1. The van der Waals surface area contributed by atoms with Gasteiger partial charge in [0.15, 0.2) is 11.5 Å². The third kappa shape index (κ3) is 1.92. The standard InChI is InChI=1S/C9H9NO6S/c10-8(9(11)12)17(13,14)5-1-2-6-7(3-5)16-4-15-6/h1-3,8H,4,10H2,(H,11,12). The van der Waals surface area contributed by atoms with Crippen LogP contribution in [0.1, 0.15) is 0 Å². The highest BCUT2D eigenvalue weighted by Gasteiger charge is 2.31. The van der Waals surface area contributed by atoms with Gasteiger partial charge < -0.3 is 20.3 Å². The van der Waals surface area contributed by atoms with Crippen molar-refractivity contribution in [2.24, 2.45) is 5.73 Å². The Morgan fingerprint density at radius 2 is 2.00 bits per heavy atom. The van der Waals surface area contributed by atoms with E-state index in [1.165, 1.54) is 18.2 Å². The molecular weight excluding hydrogens is 250 g/mol. The Hall–Kier alpha value is -1.80. The van der Waals surface area contributed by atoms with Crippen molar-refractivity contribution in [2.75, 3.05) is 6.79 Å². The fourth-order valence-electron chi connectivity index (χ4n) is 1.33. The van der Waals surface area contributed by atoms with E-state index in [4.69, 9.17) is 20.3 Å². The zero-order chi connectivity index (χ0) is 12.6. The molecular formula is C9H9NO6S. The van der Waals surface area contributed by atoms with E-state index in [1.807, 2.05) is 0 Å². The van der Waals surface area contributed by atoms with Crippen molar-refractivity contribution < 1.29 is 27.8 Å². The number of carboxylic acids is 1. The first kappa shape index (κ1) is 11.7. The highest BCUT2D eigenvalue weighted by atomic mass is 32.2. The summed E-state index contributed by atoms with van der Waals surface area (Å²) in [5.74, 6) is -0.945. The quantitative estimate of drug-likeness (QED) is 0.755. The molecule has 1 atom stereocenters. The smallest absolute Gasteiger partial charge is 0.336 e. The first-order valence-corrected chi connectivity index (χ1v) is 6.09. The molecule has 1 aliphatic heterocycles. The van der Waals surface area contributed by atoms with Crippen LogP contribution in [0.2, 0.25) is 0 Å².